The Bertz CT molecular complexity index is 862. The number of alkyl halides is 3. The largest absolute Gasteiger partial charge is 0.465 e. The number of amides is 1. The molecular formula is C21H24F3NO6. The number of carbonyl (C=O) groups excluding carboxylic acids is 3. The highest BCUT2D eigenvalue weighted by Crippen LogP contribution is 2.55. The van der Waals surface area contributed by atoms with Crippen LogP contribution in [0.1, 0.15) is 44.7 Å². The molecule has 0 spiro atoms. The average molecular weight is 443 g/mol. The van der Waals surface area contributed by atoms with Crippen molar-refractivity contribution in [2.75, 3.05) is 24.7 Å². The first-order valence-electron chi connectivity index (χ1n) is 10.2. The summed E-state index contributed by atoms with van der Waals surface area (Å²) in [5.74, 6) is -2.39. The lowest BCUT2D eigenvalue weighted by atomic mass is 9.74. The fourth-order valence-corrected chi connectivity index (χ4v) is 4.16. The molecule has 0 aromatic heterocycles. The number of ether oxygens (including phenoxy) is 3. The summed E-state index contributed by atoms with van der Waals surface area (Å²) in [5, 5.41) is 0. The summed E-state index contributed by atoms with van der Waals surface area (Å²) in [6.07, 6.45) is -4.41. The molecular weight excluding hydrogens is 419 g/mol. The number of halogens is 3. The molecule has 1 aromatic rings. The zero-order valence-electron chi connectivity index (χ0n) is 17.5. The number of benzene rings is 1. The highest BCUT2D eigenvalue weighted by Gasteiger charge is 2.68. The van der Waals surface area contributed by atoms with Gasteiger partial charge in [0.2, 0.25) is 5.41 Å². The third-order valence-electron chi connectivity index (χ3n) is 5.46. The van der Waals surface area contributed by atoms with Crippen LogP contribution < -0.4 is 4.90 Å². The lowest BCUT2D eigenvalue weighted by molar-refractivity contribution is -0.166. The molecule has 0 N–H and O–H groups in total. The van der Waals surface area contributed by atoms with Gasteiger partial charge in [0.05, 0.1) is 37.1 Å². The highest BCUT2D eigenvalue weighted by atomic mass is 19.4. The van der Waals surface area contributed by atoms with Crippen molar-refractivity contribution in [2.45, 2.75) is 51.2 Å². The minimum absolute atomic E-state index is 0.00413. The number of carbonyl (C=O) groups is 3. The van der Waals surface area contributed by atoms with Gasteiger partial charge in [-0.05, 0) is 57.7 Å². The van der Waals surface area contributed by atoms with Crippen LogP contribution in [0.25, 0.3) is 0 Å². The maximum Gasteiger partial charge on any atom is 0.416 e. The Balaban J connectivity index is 2.34. The summed E-state index contributed by atoms with van der Waals surface area (Å²) in [6, 6.07) is 1.52. The molecule has 1 fully saturated rings. The van der Waals surface area contributed by atoms with Gasteiger partial charge in [0.1, 0.15) is 0 Å². The normalized spacial score (nSPS) is 19.5. The number of hydrogen-bond acceptors (Lipinski definition) is 6. The first-order chi connectivity index (χ1) is 14.6. The molecule has 2 aliphatic rings. The van der Waals surface area contributed by atoms with Crippen LogP contribution in [0.2, 0.25) is 0 Å². The van der Waals surface area contributed by atoms with Gasteiger partial charge >= 0.3 is 24.2 Å². The van der Waals surface area contributed by atoms with E-state index in [1.807, 2.05) is 0 Å². The van der Waals surface area contributed by atoms with E-state index in [9.17, 15) is 27.6 Å². The summed E-state index contributed by atoms with van der Waals surface area (Å²) >= 11 is 0. The van der Waals surface area contributed by atoms with Gasteiger partial charge < -0.3 is 14.2 Å². The molecule has 170 valence electrons. The third kappa shape index (κ3) is 3.72. The number of nitrogens with zero attached hydrogens (tertiary/aromatic N) is 1. The topological polar surface area (TPSA) is 82.1 Å². The van der Waals surface area contributed by atoms with Gasteiger partial charge in [-0.15, -0.1) is 0 Å². The first kappa shape index (κ1) is 22.9. The predicted molar refractivity (Wildman–Crippen MR) is 102 cm³/mol. The Morgan fingerprint density at radius 1 is 1.00 bits per heavy atom. The summed E-state index contributed by atoms with van der Waals surface area (Å²) in [6.45, 7) is 4.42. The summed E-state index contributed by atoms with van der Waals surface area (Å²) < 4.78 is 56.0. The minimum atomic E-state index is -4.73. The lowest BCUT2D eigenvalue weighted by Crippen LogP contribution is -2.58. The number of hydrogen-bond donors (Lipinski definition) is 0. The predicted octanol–water partition coefficient (Wildman–Crippen LogP) is 3.82. The van der Waals surface area contributed by atoms with Crippen LogP contribution in [0.15, 0.2) is 18.2 Å². The minimum Gasteiger partial charge on any atom is -0.465 e. The molecule has 0 bridgehead atoms. The first-order valence-corrected chi connectivity index (χ1v) is 10.2. The molecule has 7 nitrogen and oxygen atoms in total. The molecule has 3 rings (SSSR count). The van der Waals surface area contributed by atoms with Gasteiger partial charge in [-0.25, -0.2) is 4.79 Å². The van der Waals surface area contributed by atoms with E-state index in [4.69, 9.17) is 14.2 Å². The second kappa shape index (κ2) is 8.39. The zero-order chi connectivity index (χ0) is 23.0. The highest BCUT2D eigenvalue weighted by molar-refractivity contribution is 6.14. The van der Waals surface area contributed by atoms with Crippen LogP contribution >= 0.6 is 0 Å². The van der Waals surface area contributed by atoms with Crippen molar-refractivity contribution in [3.8, 4) is 0 Å². The second-order valence-corrected chi connectivity index (χ2v) is 7.33. The fourth-order valence-electron chi connectivity index (χ4n) is 4.16. The van der Waals surface area contributed by atoms with Crippen molar-refractivity contribution >= 4 is 23.7 Å². The van der Waals surface area contributed by atoms with Gasteiger partial charge in [0.25, 0.3) is 0 Å². The van der Waals surface area contributed by atoms with Crippen LogP contribution in [0, 0.1) is 5.92 Å². The molecule has 1 heterocycles. The van der Waals surface area contributed by atoms with Gasteiger partial charge in [-0.1, -0.05) is 0 Å². The summed E-state index contributed by atoms with van der Waals surface area (Å²) in [5.41, 5.74) is -3.55. The summed E-state index contributed by atoms with van der Waals surface area (Å²) in [7, 11) is 0. The van der Waals surface area contributed by atoms with Crippen molar-refractivity contribution in [3.63, 3.8) is 0 Å². The summed E-state index contributed by atoms with van der Waals surface area (Å²) in [4.78, 5) is 40.6. The third-order valence-corrected chi connectivity index (χ3v) is 5.46. The molecule has 1 aliphatic carbocycles. The van der Waals surface area contributed by atoms with Crippen LogP contribution in [0.4, 0.5) is 23.7 Å². The van der Waals surface area contributed by atoms with E-state index in [2.05, 4.69) is 0 Å². The molecule has 0 saturated heterocycles. The van der Waals surface area contributed by atoms with Gasteiger partial charge in [-0.3, -0.25) is 14.5 Å². The van der Waals surface area contributed by atoms with E-state index in [1.165, 1.54) is 13.8 Å². The molecule has 1 amide bonds. The van der Waals surface area contributed by atoms with E-state index in [0.717, 1.165) is 23.1 Å². The standard InChI is InChI=1S/C21H24F3NO6/c1-4-29-17(26)20(18(27)30-5-2)14-11-13(21(22,23)24)9-10-15(14)25(19(28)31-6-3)16(20)12-7-8-12/h9-12,16H,4-8H2,1-3H3. The maximum absolute atomic E-state index is 13.5. The zero-order valence-corrected chi connectivity index (χ0v) is 17.5. The molecule has 1 unspecified atom stereocenters. The Labute approximate surface area is 177 Å². The van der Waals surface area contributed by atoms with Crippen LogP contribution in [-0.4, -0.2) is 43.9 Å². The quantitative estimate of drug-likeness (QED) is 0.378. The van der Waals surface area contributed by atoms with Crippen molar-refractivity contribution in [3.05, 3.63) is 29.3 Å². The number of rotatable bonds is 6. The SMILES string of the molecule is CCOC(=O)N1c2ccc(C(F)(F)F)cc2C(C(=O)OCC)(C(=O)OCC)C1C1CC1. The van der Waals surface area contributed by atoms with E-state index >= 15 is 0 Å². The lowest BCUT2D eigenvalue weighted by Gasteiger charge is -2.34. The van der Waals surface area contributed by atoms with E-state index in [1.54, 1.807) is 6.92 Å². The van der Waals surface area contributed by atoms with E-state index in [-0.39, 0.29) is 37.0 Å². The molecule has 10 heteroatoms. The van der Waals surface area contributed by atoms with Crippen LogP contribution in [-0.2, 0) is 35.4 Å². The fraction of sp³-hybridized carbons (Fsp3) is 0.571. The van der Waals surface area contributed by atoms with E-state index in [0.29, 0.717) is 12.8 Å². The number of fused-ring (bicyclic) bond motifs is 1. The molecule has 31 heavy (non-hydrogen) atoms. The van der Waals surface area contributed by atoms with Gasteiger partial charge in [0, 0.05) is 5.56 Å². The second-order valence-electron chi connectivity index (χ2n) is 7.33. The Morgan fingerprint density at radius 3 is 2.00 bits per heavy atom. The van der Waals surface area contributed by atoms with Gasteiger partial charge in [-0.2, -0.15) is 13.2 Å². The van der Waals surface area contributed by atoms with E-state index < -0.39 is 41.2 Å². The van der Waals surface area contributed by atoms with Crippen molar-refractivity contribution in [2.24, 2.45) is 5.92 Å². The smallest absolute Gasteiger partial charge is 0.416 e. The Hall–Kier alpha value is -2.78. The Morgan fingerprint density at radius 2 is 1.55 bits per heavy atom. The van der Waals surface area contributed by atoms with Crippen molar-refractivity contribution < 1.29 is 41.8 Å². The monoisotopic (exact) mass is 443 g/mol. The molecule has 0 radical (unpaired) electrons. The van der Waals surface area contributed by atoms with Crippen molar-refractivity contribution in [1.82, 2.24) is 0 Å². The average Bonchev–Trinajstić information content (AvgIpc) is 3.48. The van der Waals surface area contributed by atoms with Crippen LogP contribution in [0.5, 0.6) is 0 Å². The maximum atomic E-state index is 13.5. The molecule has 1 atom stereocenters. The number of esters is 2. The molecule has 1 aromatic carbocycles. The van der Waals surface area contributed by atoms with Crippen LogP contribution in [0.3, 0.4) is 0 Å². The van der Waals surface area contributed by atoms with Crippen molar-refractivity contribution in [1.29, 1.82) is 0 Å². The van der Waals surface area contributed by atoms with Gasteiger partial charge in [0.15, 0.2) is 0 Å². The number of anilines is 1. The molecule has 1 saturated carbocycles. The molecule has 1 aliphatic heterocycles. The Kier molecular flexibility index (Phi) is 6.20.